The molecular formula is C31H48N4O4. The molecule has 0 saturated carbocycles. The Morgan fingerprint density at radius 2 is 1.54 bits per heavy atom. The van der Waals surface area contributed by atoms with Crippen LogP contribution in [0.4, 0.5) is 0 Å². The van der Waals surface area contributed by atoms with Crippen molar-refractivity contribution in [3.8, 4) is 5.75 Å². The lowest BCUT2D eigenvalue weighted by Gasteiger charge is -2.28. The molecule has 0 atom stereocenters. The highest BCUT2D eigenvalue weighted by Crippen LogP contribution is 2.40. The number of rotatable bonds is 9. The summed E-state index contributed by atoms with van der Waals surface area (Å²) >= 11 is 0. The number of morpholine rings is 1. The molecule has 1 saturated heterocycles. The molecule has 2 heterocycles. The van der Waals surface area contributed by atoms with Gasteiger partial charge in [-0.1, -0.05) is 68.2 Å². The second-order valence-corrected chi connectivity index (χ2v) is 12.8. The number of benzene rings is 1. The van der Waals surface area contributed by atoms with Gasteiger partial charge in [0.1, 0.15) is 11.4 Å². The van der Waals surface area contributed by atoms with Gasteiger partial charge in [-0.15, -0.1) is 0 Å². The van der Waals surface area contributed by atoms with Crippen LogP contribution in [-0.4, -0.2) is 57.1 Å². The van der Waals surface area contributed by atoms with Crippen molar-refractivity contribution in [1.82, 2.24) is 14.0 Å². The minimum Gasteiger partial charge on any atom is -0.507 e. The Hall–Kier alpha value is -2.87. The van der Waals surface area contributed by atoms with Gasteiger partial charge in [-0.3, -0.25) is 15.0 Å². The largest absolute Gasteiger partial charge is 0.507 e. The third kappa shape index (κ3) is 7.02. The molecule has 8 nitrogen and oxygen atoms in total. The van der Waals surface area contributed by atoms with E-state index in [-0.39, 0.29) is 40.4 Å². The molecule has 2 N–H and O–H groups in total. The van der Waals surface area contributed by atoms with Crippen LogP contribution in [0.3, 0.4) is 0 Å². The van der Waals surface area contributed by atoms with Crippen LogP contribution in [-0.2, 0) is 28.7 Å². The number of imidazole rings is 1. The van der Waals surface area contributed by atoms with Gasteiger partial charge in [-0.05, 0) is 35.3 Å². The number of hydrogen-bond donors (Lipinski definition) is 2. The fraction of sp³-hybridized carbons (Fsp3) is 0.645. The van der Waals surface area contributed by atoms with Crippen LogP contribution < -0.4 is 5.62 Å². The summed E-state index contributed by atoms with van der Waals surface area (Å²) in [4.78, 5) is 29.0. The number of ether oxygens (including phenoxy) is 1. The Morgan fingerprint density at radius 1 is 1.00 bits per heavy atom. The molecule has 3 rings (SSSR count). The third-order valence-electron chi connectivity index (χ3n) is 7.89. The van der Waals surface area contributed by atoms with Crippen molar-refractivity contribution in [3.63, 3.8) is 0 Å². The van der Waals surface area contributed by atoms with Crippen LogP contribution in [0.25, 0.3) is 0 Å². The molecule has 0 aliphatic carbocycles. The van der Waals surface area contributed by atoms with Gasteiger partial charge >= 0.3 is 0 Å². The lowest BCUT2D eigenvalue weighted by atomic mass is 9.78. The molecule has 1 fully saturated rings. The van der Waals surface area contributed by atoms with Crippen molar-refractivity contribution in [3.05, 3.63) is 46.3 Å². The summed E-state index contributed by atoms with van der Waals surface area (Å²) in [5, 5.41) is 20.0. The fourth-order valence-corrected chi connectivity index (χ4v) is 5.19. The highest BCUT2D eigenvalue weighted by Gasteiger charge is 2.29. The summed E-state index contributed by atoms with van der Waals surface area (Å²) < 4.78 is 8.78. The first kappa shape index (κ1) is 30.7. The SMILES string of the molecule is CCC(CC)CCn1c(C(=O)N2CCOCC2)cn(CC(=O)c2cc(C(C)(C)C)c(O)c(C(C)(C)C)c2)c1=N. The predicted octanol–water partition coefficient (Wildman–Crippen LogP) is 5.25. The van der Waals surface area contributed by atoms with Gasteiger partial charge in [0.2, 0.25) is 5.62 Å². The van der Waals surface area contributed by atoms with Crippen LogP contribution in [0.5, 0.6) is 5.75 Å². The highest BCUT2D eigenvalue weighted by atomic mass is 16.5. The van der Waals surface area contributed by atoms with E-state index in [4.69, 9.17) is 10.1 Å². The number of phenolic OH excluding ortho intramolecular Hbond substituents is 1. The van der Waals surface area contributed by atoms with Crippen molar-refractivity contribution in [2.75, 3.05) is 26.3 Å². The maximum atomic E-state index is 13.7. The van der Waals surface area contributed by atoms with Gasteiger partial charge in [0.15, 0.2) is 5.78 Å². The number of aromatic hydroxyl groups is 1. The van der Waals surface area contributed by atoms with E-state index < -0.39 is 0 Å². The standard InChI is InChI=1S/C31H48N4O4/c1-9-21(10-2)11-12-35-25(28(38)33-13-15-39-16-14-33)19-34(29(35)32)20-26(36)22-17-23(30(3,4)5)27(37)24(18-22)31(6,7)8/h17-19,21,32,37H,9-16,20H2,1-8H3. The summed E-state index contributed by atoms with van der Waals surface area (Å²) in [5.41, 5.74) is 1.82. The van der Waals surface area contributed by atoms with E-state index >= 15 is 0 Å². The summed E-state index contributed by atoms with van der Waals surface area (Å²) in [6.07, 6.45) is 4.63. The van der Waals surface area contributed by atoms with Crippen molar-refractivity contribution in [2.24, 2.45) is 5.92 Å². The summed E-state index contributed by atoms with van der Waals surface area (Å²) in [6, 6.07) is 3.56. The van der Waals surface area contributed by atoms with Crippen LogP contribution in [0.2, 0.25) is 0 Å². The number of phenols is 1. The second kappa shape index (κ2) is 12.1. The van der Waals surface area contributed by atoms with Gasteiger partial charge in [-0.25, -0.2) is 0 Å². The topological polar surface area (TPSA) is 101 Å². The van der Waals surface area contributed by atoms with Gasteiger partial charge in [0.25, 0.3) is 5.91 Å². The number of Topliss-reactive ketones (excluding diaryl/α,β-unsaturated/α-hetero) is 1. The van der Waals surface area contributed by atoms with E-state index in [1.54, 1.807) is 32.4 Å². The lowest BCUT2D eigenvalue weighted by molar-refractivity contribution is 0.0295. The summed E-state index contributed by atoms with van der Waals surface area (Å²) in [5.74, 6) is 0.451. The molecular weight excluding hydrogens is 492 g/mol. The average molecular weight is 541 g/mol. The van der Waals surface area contributed by atoms with E-state index in [0.717, 1.165) is 30.4 Å². The molecule has 216 valence electrons. The molecule has 1 aliphatic rings. The second-order valence-electron chi connectivity index (χ2n) is 12.8. The molecule has 0 spiro atoms. The monoisotopic (exact) mass is 540 g/mol. The van der Waals surface area contributed by atoms with Crippen LogP contribution in [0.1, 0.15) is 107 Å². The van der Waals surface area contributed by atoms with Crippen LogP contribution >= 0.6 is 0 Å². The van der Waals surface area contributed by atoms with Gasteiger partial charge < -0.3 is 23.9 Å². The molecule has 0 unspecified atom stereocenters. The summed E-state index contributed by atoms with van der Waals surface area (Å²) in [7, 11) is 0. The predicted molar refractivity (Wildman–Crippen MR) is 154 cm³/mol. The number of aromatic nitrogens is 2. The molecule has 1 aliphatic heterocycles. The Morgan fingerprint density at radius 3 is 2.03 bits per heavy atom. The average Bonchev–Trinajstić information content (AvgIpc) is 3.18. The number of ketones is 1. The van der Waals surface area contributed by atoms with Crippen molar-refractivity contribution < 1.29 is 19.4 Å². The first-order valence-corrected chi connectivity index (χ1v) is 14.3. The van der Waals surface area contributed by atoms with Crippen molar-refractivity contribution in [1.29, 1.82) is 5.41 Å². The molecule has 1 amide bonds. The van der Waals surface area contributed by atoms with Crippen molar-refractivity contribution in [2.45, 2.75) is 98.6 Å². The zero-order valence-corrected chi connectivity index (χ0v) is 25.2. The smallest absolute Gasteiger partial charge is 0.272 e. The van der Waals surface area contributed by atoms with Crippen LogP contribution in [0.15, 0.2) is 18.3 Å². The Kier molecular flexibility index (Phi) is 9.52. The number of nitrogens with one attached hydrogen (secondary N) is 1. The maximum Gasteiger partial charge on any atom is 0.272 e. The quantitative estimate of drug-likeness (QED) is 0.424. The van der Waals surface area contributed by atoms with Crippen LogP contribution in [0, 0.1) is 11.3 Å². The zero-order valence-electron chi connectivity index (χ0n) is 25.2. The number of carbonyl (C=O) groups excluding carboxylic acids is 2. The molecule has 39 heavy (non-hydrogen) atoms. The lowest BCUT2D eigenvalue weighted by Crippen LogP contribution is -2.42. The zero-order chi connectivity index (χ0) is 29.1. The molecule has 1 aromatic carbocycles. The number of amides is 1. The molecule has 0 radical (unpaired) electrons. The van der Waals surface area contributed by atoms with E-state index in [9.17, 15) is 14.7 Å². The number of carbonyl (C=O) groups is 2. The van der Waals surface area contributed by atoms with Gasteiger partial charge in [0.05, 0.1) is 19.8 Å². The van der Waals surface area contributed by atoms with E-state index in [0.29, 0.717) is 50.0 Å². The molecule has 2 aromatic rings. The van der Waals surface area contributed by atoms with Gasteiger partial charge in [0, 0.05) is 42.5 Å². The molecule has 1 aromatic heterocycles. The Bertz CT molecular complexity index is 1200. The normalized spacial score (nSPS) is 14.7. The minimum atomic E-state index is -0.357. The Labute approximate surface area is 233 Å². The highest BCUT2D eigenvalue weighted by molar-refractivity contribution is 5.97. The minimum absolute atomic E-state index is 0.0574. The number of nitrogens with zero attached hydrogens (tertiary/aromatic N) is 3. The first-order chi connectivity index (χ1) is 18.2. The number of hydrogen-bond acceptors (Lipinski definition) is 5. The molecule has 8 heteroatoms. The Balaban J connectivity index is 2.02. The summed E-state index contributed by atoms with van der Waals surface area (Å²) in [6.45, 7) is 19.0. The van der Waals surface area contributed by atoms with E-state index in [1.807, 2.05) is 41.5 Å². The first-order valence-electron chi connectivity index (χ1n) is 14.3. The van der Waals surface area contributed by atoms with Crippen molar-refractivity contribution >= 4 is 11.7 Å². The van der Waals surface area contributed by atoms with E-state index in [1.165, 1.54) is 0 Å². The van der Waals surface area contributed by atoms with E-state index in [2.05, 4.69) is 13.8 Å². The van der Waals surface area contributed by atoms with Gasteiger partial charge in [-0.2, -0.15) is 0 Å². The molecule has 0 bridgehead atoms. The third-order valence-corrected chi connectivity index (χ3v) is 7.89. The maximum absolute atomic E-state index is 13.7. The fourth-order valence-electron chi connectivity index (χ4n) is 5.19.